The second-order valence-electron chi connectivity index (χ2n) is 5.79. The van der Waals surface area contributed by atoms with E-state index in [0.29, 0.717) is 36.2 Å². The van der Waals surface area contributed by atoms with Gasteiger partial charge in [-0.05, 0) is 34.1 Å². The van der Waals surface area contributed by atoms with E-state index in [1.54, 1.807) is 35.4 Å². The topological polar surface area (TPSA) is 72.9 Å². The minimum absolute atomic E-state index is 0.0591. The number of hydrogen-bond acceptors (Lipinski definition) is 5. The summed E-state index contributed by atoms with van der Waals surface area (Å²) in [6, 6.07) is 8.86. The van der Waals surface area contributed by atoms with E-state index < -0.39 is 0 Å². The number of fused-ring (bicyclic) bond motifs is 1. The molecule has 1 aromatic heterocycles. The second-order valence-corrected chi connectivity index (χ2v) is 6.70. The van der Waals surface area contributed by atoms with Crippen LogP contribution < -0.4 is 19.5 Å². The number of carbonyl (C=O) groups excluding carboxylic acids is 1. The van der Waals surface area contributed by atoms with Gasteiger partial charge in [-0.15, -0.1) is 0 Å². The van der Waals surface area contributed by atoms with E-state index >= 15 is 0 Å². The van der Waals surface area contributed by atoms with Crippen molar-refractivity contribution < 1.29 is 19.0 Å². The molecule has 4 rings (SSSR count). The summed E-state index contributed by atoms with van der Waals surface area (Å²) in [7, 11) is 0. The molecule has 7 nitrogen and oxygen atoms in total. The van der Waals surface area contributed by atoms with E-state index in [1.807, 2.05) is 6.07 Å². The molecule has 0 saturated carbocycles. The minimum Gasteiger partial charge on any atom is -0.472 e. The van der Waals surface area contributed by atoms with Crippen LogP contribution in [0.2, 0.25) is 0 Å². The number of benzene rings is 1. The first-order valence-corrected chi connectivity index (χ1v) is 8.70. The molecule has 25 heavy (non-hydrogen) atoms. The molecule has 2 amide bonds. The van der Waals surface area contributed by atoms with E-state index in [2.05, 4.69) is 26.2 Å². The van der Waals surface area contributed by atoms with Crippen LogP contribution in [-0.4, -0.2) is 41.9 Å². The first-order valence-electron chi connectivity index (χ1n) is 7.91. The number of anilines is 1. The van der Waals surface area contributed by atoms with E-state index in [0.717, 1.165) is 10.9 Å². The van der Waals surface area contributed by atoms with Crippen molar-refractivity contribution in [3.8, 4) is 17.4 Å². The molecule has 2 aliphatic heterocycles. The Balaban J connectivity index is 1.33. The molecule has 1 atom stereocenters. The van der Waals surface area contributed by atoms with Gasteiger partial charge < -0.3 is 24.4 Å². The number of likely N-dealkylation sites (tertiary alicyclic amines) is 1. The van der Waals surface area contributed by atoms with Gasteiger partial charge in [0.05, 0.1) is 6.54 Å². The zero-order chi connectivity index (χ0) is 17.2. The van der Waals surface area contributed by atoms with Crippen LogP contribution in [0.5, 0.6) is 17.4 Å². The SMILES string of the molecule is O=C(Nc1ccc2c(c1)OCO2)N1CCC(Oc2ccc(Br)cn2)C1. The summed E-state index contributed by atoms with van der Waals surface area (Å²) in [6.07, 6.45) is 2.40. The lowest BCUT2D eigenvalue weighted by Crippen LogP contribution is -2.34. The highest BCUT2D eigenvalue weighted by Gasteiger charge is 2.28. The van der Waals surface area contributed by atoms with Crippen molar-refractivity contribution in [1.29, 1.82) is 0 Å². The lowest BCUT2D eigenvalue weighted by Gasteiger charge is -2.18. The second kappa shape index (κ2) is 6.79. The fourth-order valence-corrected chi connectivity index (χ4v) is 3.02. The molecular formula is C17H16BrN3O4. The molecule has 8 heteroatoms. The summed E-state index contributed by atoms with van der Waals surface area (Å²) in [6.45, 7) is 1.37. The smallest absolute Gasteiger partial charge is 0.321 e. The molecule has 2 aromatic rings. The standard InChI is InChI=1S/C17H16BrN3O4/c18-11-1-4-16(19-8-11)25-13-5-6-21(9-13)17(22)20-12-2-3-14-15(7-12)24-10-23-14/h1-4,7-8,13H,5-6,9-10H2,(H,20,22). The van der Waals surface area contributed by atoms with Crippen molar-refractivity contribution in [2.75, 3.05) is 25.2 Å². The van der Waals surface area contributed by atoms with Gasteiger partial charge in [0.15, 0.2) is 11.5 Å². The minimum atomic E-state index is -0.159. The Hall–Kier alpha value is -2.48. The fraction of sp³-hybridized carbons (Fsp3) is 0.294. The quantitative estimate of drug-likeness (QED) is 0.847. The number of carbonyl (C=O) groups is 1. The average Bonchev–Trinajstić information content (AvgIpc) is 3.26. The number of nitrogens with one attached hydrogen (secondary N) is 1. The Morgan fingerprint density at radius 2 is 2.16 bits per heavy atom. The fourth-order valence-electron chi connectivity index (χ4n) is 2.79. The van der Waals surface area contributed by atoms with Crippen LogP contribution in [0, 0.1) is 0 Å². The normalized spacial score (nSPS) is 18.3. The number of amides is 2. The highest BCUT2D eigenvalue weighted by molar-refractivity contribution is 9.10. The molecular weight excluding hydrogens is 390 g/mol. The Labute approximate surface area is 153 Å². The Bertz CT molecular complexity index is 784. The largest absolute Gasteiger partial charge is 0.472 e. The van der Waals surface area contributed by atoms with Crippen LogP contribution in [-0.2, 0) is 0 Å². The average molecular weight is 406 g/mol. The maximum absolute atomic E-state index is 12.4. The predicted octanol–water partition coefficient (Wildman–Crippen LogP) is 3.26. The number of urea groups is 1. The lowest BCUT2D eigenvalue weighted by molar-refractivity contribution is 0.174. The van der Waals surface area contributed by atoms with Crippen molar-refractivity contribution in [2.24, 2.45) is 0 Å². The van der Waals surface area contributed by atoms with Gasteiger partial charge in [0.2, 0.25) is 12.7 Å². The molecule has 1 saturated heterocycles. The maximum Gasteiger partial charge on any atom is 0.321 e. The third-order valence-corrected chi connectivity index (χ3v) is 4.51. The highest BCUT2D eigenvalue weighted by Crippen LogP contribution is 2.34. The summed E-state index contributed by atoms with van der Waals surface area (Å²) < 4.78 is 17.3. The first-order chi connectivity index (χ1) is 12.2. The van der Waals surface area contributed by atoms with E-state index in [1.165, 1.54) is 0 Å². The summed E-state index contributed by atoms with van der Waals surface area (Å²) in [5.74, 6) is 1.89. The van der Waals surface area contributed by atoms with Gasteiger partial charge in [0, 0.05) is 41.5 Å². The molecule has 1 aromatic carbocycles. The number of ether oxygens (including phenoxy) is 3. The van der Waals surface area contributed by atoms with Crippen molar-refractivity contribution in [3.63, 3.8) is 0 Å². The van der Waals surface area contributed by atoms with Gasteiger partial charge in [-0.2, -0.15) is 0 Å². The molecule has 1 unspecified atom stereocenters. The number of aromatic nitrogens is 1. The van der Waals surface area contributed by atoms with Crippen LogP contribution in [0.25, 0.3) is 0 Å². The number of hydrogen-bond donors (Lipinski definition) is 1. The zero-order valence-corrected chi connectivity index (χ0v) is 14.9. The maximum atomic E-state index is 12.4. The molecule has 0 bridgehead atoms. The number of pyridine rings is 1. The first kappa shape index (κ1) is 16.0. The van der Waals surface area contributed by atoms with Gasteiger partial charge >= 0.3 is 6.03 Å². The van der Waals surface area contributed by atoms with Gasteiger partial charge in [0.1, 0.15) is 6.10 Å². The van der Waals surface area contributed by atoms with E-state index in [4.69, 9.17) is 14.2 Å². The van der Waals surface area contributed by atoms with Gasteiger partial charge in [-0.1, -0.05) is 0 Å². The van der Waals surface area contributed by atoms with E-state index in [-0.39, 0.29) is 18.9 Å². The number of rotatable bonds is 3. The van der Waals surface area contributed by atoms with Gasteiger partial charge in [0.25, 0.3) is 0 Å². The van der Waals surface area contributed by atoms with Gasteiger partial charge in [-0.25, -0.2) is 9.78 Å². The lowest BCUT2D eigenvalue weighted by atomic mass is 10.3. The predicted molar refractivity (Wildman–Crippen MR) is 94.1 cm³/mol. The summed E-state index contributed by atoms with van der Waals surface area (Å²) in [4.78, 5) is 18.4. The van der Waals surface area contributed by atoms with Crippen LogP contribution in [0.1, 0.15) is 6.42 Å². The Morgan fingerprint density at radius 3 is 3.00 bits per heavy atom. The number of halogens is 1. The Morgan fingerprint density at radius 1 is 1.28 bits per heavy atom. The monoisotopic (exact) mass is 405 g/mol. The highest BCUT2D eigenvalue weighted by atomic mass is 79.9. The summed E-state index contributed by atoms with van der Waals surface area (Å²) in [5.41, 5.74) is 0.674. The van der Waals surface area contributed by atoms with E-state index in [9.17, 15) is 4.79 Å². The molecule has 2 aliphatic rings. The van der Waals surface area contributed by atoms with Crippen LogP contribution in [0.3, 0.4) is 0 Å². The molecule has 0 aliphatic carbocycles. The third-order valence-electron chi connectivity index (χ3n) is 4.04. The third kappa shape index (κ3) is 3.63. The summed E-state index contributed by atoms with van der Waals surface area (Å²) in [5, 5.41) is 2.88. The molecule has 0 radical (unpaired) electrons. The van der Waals surface area contributed by atoms with Crippen LogP contribution in [0.15, 0.2) is 41.0 Å². The van der Waals surface area contributed by atoms with Gasteiger partial charge in [-0.3, -0.25) is 0 Å². The van der Waals surface area contributed by atoms with Crippen molar-refractivity contribution in [1.82, 2.24) is 9.88 Å². The Kier molecular flexibility index (Phi) is 4.35. The number of nitrogens with zero attached hydrogens (tertiary/aromatic N) is 2. The summed E-state index contributed by atoms with van der Waals surface area (Å²) >= 11 is 3.34. The van der Waals surface area contributed by atoms with Crippen LogP contribution >= 0.6 is 15.9 Å². The zero-order valence-electron chi connectivity index (χ0n) is 13.3. The molecule has 1 fully saturated rings. The molecule has 1 N–H and O–H groups in total. The molecule has 3 heterocycles. The molecule has 0 spiro atoms. The van der Waals surface area contributed by atoms with Crippen molar-refractivity contribution >= 4 is 27.6 Å². The van der Waals surface area contributed by atoms with Crippen molar-refractivity contribution in [3.05, 3.63) is 41.0 Å². The van der Waals surface area contributed by atoms with Crippen molar-refractivity contribution in [2.45, 2.75) is 12.5 Å². The van der Waals surface area contributed by atoms with Crippen LogP contribution in [0.4, 0.5) is 10.5 Å². The molecule has 130 valence electrons.